The van der Waals surface area contributed by atoms with Crippen molar-refractivity contribution in [2.24, 2.45) is 5.73 Å². The van der Waals surface area contributed by atoms with E-state index in [-0.39, 0.29) is 5.82 Å². The zero-order valence-corrected chi connectivity index (χ0v) is 13.4. The van der Waals surface area contributed by atoms with Gasteiger partial charge >= 0.3 is 0 Å². The zero-order chi connectivity index (χ0) is 14.8. The highest BCUT2D eigenvalue weighted by molar-refractivity contribution is 7.19. The summed E-state index contributed by atoms with van der Waals surface area (Å²) < 4.78 is 15.3. The van der Waals surface area contributed by atoms with Gasteiger partial charge in [0.1, 0.15) is 5.82 Å². The second kappa shape index (κ2) is 6.42. The number of likely N-dealkylation sites (tertiary alicyclic amines) is 1. The number of halogens is 1. The van der Waals surface area contributed by atoms with Gasteiger partial charge in [-0.05, 0) is 43.5 Å². The Labute approximate surface area is 129 Å². The van der Waals surface area contributed by atoms with E-state index in [1.807, 2.05) is 6.07 Å². The highest BCUT2D eigenvalue weighted by atomic mass is 32.1. The molecule has 0 amide bonds. The van der Waals surface area contributed by atoms with Crippen molar-refractivity contribution in [1.82, 2.24) is 4.90 Å². The molecular formula is C17H23FN2S. The Hall–Kier alpha value is -0.970. The van der Waals surface area contributed by atoms with Gasteiger partial charge in [0.05, 0.1) is 0 Å². The van der Waals surface area contributed by atoms with E-state index in [0.717, 1.165) is 33.6 Å². The van der Waals surface area contributed by atoms with Gasteiger partial charge in [-0.1, -0.05) is 19.4 Å². The van der Waals surface area contributed by atoms with E-state index < -0.39 is 0 Å². The lowest BCUT2D eigenvalue weighted by atomic mass is 9.98. The van der Waals surface area contributed by atoms with Crippen molar-refractivity contribution in [1.29, 1.82) is 0 Å². The quantitative estimate of drug-likeness (QED) is 0.914. The van der Waals surface area contributed by atoms with E-state index in [9.17, 15) is 4.39 Å². The summed E-state index contributed by atoms with van der Waals surface area (Å²) in [6.45, 7) is 4.71. The van der Waals surface area contributed by atoms with Crippen molar-refractivity contribution in [3.05, 3.63) is 34.5 Å². The van der Waals surface area contributed by atoms with Gasteiger partial charge in [0.25, 0.3) is 0 Å². The van der Waals surface area contributed by atoms with Gasteiger partial charge in [-0.3, -0.25) is 4.90 Å². The summed E-state index contributed by atoms with van der Waals surface area (Å²) >= 11 is 1.64. The largest absolute Gasteiger partial charge is 0.326 e. The van der Waals surface area contributed by atoms with E-state index >= 15 is 0 Å². The molecule has 4 heteroatoms. The highest BCUT2D eigenvalue weighted by Gasteiger charge is 2.24. The van der Waals surface area contributed by atoms with E-state index in [0.29, 0.717) is 12.6 Å². The molecule has 1 aromatic carbocycles. The molecule has 0 aliphatic carbocycles. The molecule has 1 aromatic heterocycles. The summed E-state index contributed by atoms with van der Waals surface area (Å²) in [6, 6.07) is 5.98. The number of benzene rings is 1. The Morgan fingerprint density at radius 1 is 1.38 bits per heavy atom. The van der Waals surface area contributed by atoms with E-state index in [1.165, 1.54) is 25.7 Å². The first-order chi connectivity index (χ1) is 10.2. The number of piperidine rings is 1. The monoisotopic (exact) mass is 306 g/mol. The van der Waals surface area contributed by atoms with Crippen LogP contribution in [0.15, 0.2) is 18.2 Å². The number of nitrogens with two attached hydrogens (primary N) is 1. The molecule has 0 saturated carbocycles. The van der Waals surface area contributed by atoms with Crippen LogP contribution in [0.25, 0.3) is 10.1 Å². The molecule has 1 aliphatic rings. The minimum absolute atomic E-state index is 0.108. The third-order valence-electron chi connectivity index (χ3n) is 4.61. The first-order valence-electron chi connectivity index (χ1n) is 7.87. The normalized spacial score (nSPS) is 20.2. The first kappa shape index (κ1) is 14.9. The molecule has 2 N–H and O–H groups in total. The molecule has 1 aliphatic heterocycles. The minimum atomic E-state index is -0.108. The number of thiophene rings is 1. The van der Waals surface area contributed by atoms with Crippen molar-refractivity contribution in [2.45, 2.75) is 51.7 Å². The van der Waals surface area contributed by atoms with Gasteiger partial charge in [0.15, 0.2) is 0 Å². The molecular weight excluding hydrogens is 283 g/mol. The van der Waals surface area contributed by atoms with Crippen molar-refractivity contribution in [3.63, 3.8) is 0 Å². The van der Waals surface area contributed by atoms with Crippen LogP contribution < -0.4 is 5.73 Å². The number of hydrogen-bond donors (Lipinski definition) is 1. The second-order valence-electron chi connectivity index (χ2n) is 5.85. The third-order valence-corrected chi connectivity index (χ3v) is 5.83. The van der Waals surface area contributed by atoms with Gasteiger partial charge in [0.2, 0.25) is 0 Å². The Bertz CT molecular complexity index is 623. The van der Waals surface area contributed by atoms with Crippen LogP contribution in [0.2, 0.25) is 0 Å². The summed E-state index contributed by atoms with van der Waals surface area (Å²) in [5.74, 6) is -0.108. The maximum atomic E-state index is 14.3. The lowest BCUT2D eigenvalue weighted by Gasteiger charge is -2.35. The van der Waals surface area contributed by atoms with Crippen LogP contribution in [-0.2, 0) is 13.1 Å². The maximum absolute atomic E-state index is 14.3. The van der Waals surface area contributed by atoms with Gasteiger partial charge in [-0.15, -0.1) is 11.3 Å². The standard InChI is InChI=1S/C17H23FN2S/c1-2-12-6-3-4-9-20(12)11-13-16(10-19)21-15-8-5-7-14(18)17(13)15/h5,7-8,12H,2-4,6,9-11,19H2,1H3. The predicted molar refractivity (Wildman–Crippen MR) is 88.0 cm³/mol. The average molecular weight is 306 g/mol. The summed E-state index contributed by atoms with van der Waals surface area (Å²) in [6.07, 6.45) is 5.00. The van der Waals surface area contributed by atoms with E-state index in [4.69, 9.17) is 5.73 Å². The summed E-state index contributed by atoms with van der Waals surface area (Å²) in [5, 5.41) is 0.795. The van der Waals surface area contributed by atoms with Crippen LogP contribution in [0.1, 0.15) is 43.0 Å². The number of nitrogens with zero attached hydrogens (tertiary/aromatic N) is 1. The molecule has 2 heterocycles. The van der Waals surface area contributed by atoms with E-state index in [2.05, 4.69) is 11.8 Å². The molecule has 1 atom stereocenters. The molecule has 2 aromatic rings. The molecule has 0 bridgehead atoms. The van der Waals surface area contributed by atoms with Crippen LogP contribution in [0.5, 0.6) is 0 Å². The second-order valence-corrected chi connectivity index (χ2v) is 6.99. The average Bonchev–Trinajstić information content (AvgIpc) is 2.87. The fraction of sp³-hybridized carbons (Fsp3) is 0.529. The number of rotatable bonds is 4. The third kappa shape index (κ3) is 2.85. The van der Waals surface area contributed by atoms with Crippen LogP contribution >= 0.6 is 11.3 Å². The van der Waals surface area contributed by atoms with Gasteiger partial charge in [-0.25, -0.2) is 4.39 Å². The van der Waals surface area contributed by atoms with Gasteiger partial charge in [0, 0.05) is 34.1 Å². The topological polar surface area (TPSA) is 29.3 Å². The molecule has 0 spiro atoms. The summed E-state index contributed by atoms with van der Waals surface area (Å²) in [5.41, 5.74) is 7.03. The maximum Gasteiger partial charge on any atom is 0.132 e. The molecule has 2 nitrogen and oxygen atoms in total. The molecule has 1 saturated heterocycles. The van der Waals surface area contributed by atoms with Crippen molar-refractivity contribution >= 4 is 21.4 Å². The lowest BCUT2D eigenvalue weighted by Crippen LogP contribution is -2.38. The lowest BCUT2D eigenvalue weighted by molar-refractivity contribution is 0.136. The Morgan fingerprint density at radius 2 is 2.24 bits per heavy atom. The van der Waals surface area contributed by atoms with Crippen LogP contribution in [0.4, 0.5) is 4.39 Å². The molecule has 1 fully saturated rings. The fourth-order valence-electron chi connectivity index (χ4n) is 3.48. The number of hydrogen-bond acceptors (Lipinski definition) is 3. The van der Waals surface area contributed by atoms with Crippen LogP contribution in [-0.4, -0.2) is 17.5 Å². The zero-order valence-electron chi connectivity index (χ0n) is 12.6. The Balaban J connectivity index is 1.98. The van der Waals surface area contributed by atoms with Gasteiger partial charge in [-0.2, -0.15) is 0 Å². The predicted octanol–water partition coefficient (Wildman–Crippen LogP) is 4.26. The molecule has 114 valence electrons. The van der Waals surface area contributed by atoms with Crippen LogP contribution in [0.3, 0.4) is 0 Å². The molecule has 1 unspecified atom stereocenters. The Kier molecular flexibility index (Phi) is 4.57. The minimum Gasteiger partial charge on any atom is -0.326 e. The highest BCUT2D eigenvalue weighted by Crippen LogP contribution is 2.35. The van der Waals surface area contributed by atoms with E-state index in [1.54, 1.807) is 23.5 Å². The SMILES string of the molecule is CCC1CCCCN1Cc1c(CN)sc2cccc(F)c12. The fourth-order valence-corrected chi connectivity index (χ4v) is 4.59. The van der Waals surface area contributed by atoms with Gasteiger partial charge < -0.3 is 5.73 Å². The summed E-state index contributed by atoms with van der Waals surface area (Å²) in [4.78, 5) is 3.66. The molecule has 0 radical (unpaired) electrons. The summed E-state index contributed by atoms with van der Waals surface area (Å²) in [7, 11) is 0. The first-order valence-corrected chi connectivity index (χ1v) is 8.69. The number of fused-ring (bicyclic) bond motifs is 1. The molecule has 3 rings (SSSR count). The van der Waals surface area contributed by atoms with Crippen molar-refractivity contribution in [3.8, 4) is 0 Å². The van der Waals surface area contributed by atoms with Crippen molar-refractivity contribution in [2.75, 3.05) is 6.54 Å². The smallest absolute Gasteiger partial charge is 0.132 e. The van der Waals surface area contributed by atoms with Crippen LogP contribution in [0, 0.1) is 5.82 Å². The van der Waals surface area contributed by atoms with Crippen molar-refractivity contribution < 1.29 is 4.39 Å². The molecule has 21 heavy (non-hydrogen) atoms. The Morgan fingerprint density at radius 3 is 3.00 bits per heavy atom.